The first-order valence-electron chi connectivity index (χ1n) is 12.3. The number of nitrogens with zero attached hydrogens (tertiary/aromatic N) is 2. The highest BCUT2D eigenvalue weighted by Crippen LogP contribution is 2.42. The Morgan fingerprint density at radius 2 is 1.84 bits per heavy atom. The molecule has 1 N–H and O–H groups in total. The number of aryl methyl sites for hydroxylation is 1. The molecule has 8 nitrogen and oxygen atoms in total. The molecule has 0 bridgehead atoms. The van der Waals surface area contributed by atoms with Crippen molar-refractivity contribution in [1.82, 2.24) is 9.80 Å². The zero-order chi connectivity index (χ0) is 27.1. The Kier molecular flexibility index (Phi) is 9.36. The van der Waals surface area contributed by atoms with Crippen molar-refractivity contribution in [2.75, 3.05) is 47.5 Å². The fourth-order valence-corrected chi connectivity index (χ4v) is 4.21. The summed E-state index contributed by atoms with van der Waals surface area (Å²) >= 11 is 0. The van der Waals surface area contributed by atoms with E-state index in [1.807, 2.05) is 32.8 Å². The number of carbonyl (C=O) groups excluding carboxylic acids is 2. The van der Waals surface area contributed by atoms with Crippen LogP contribution in [0, 0.1) is 6.92 Å². The molecule has 1 aliphatic heterocycles. The predicted molar refractivity (Wildman–Crippen MR) is 143 cm³/mol. The van der Waals surface area contributed by atoms with Gasteiger partial charge in [-0.2, -0.15) is 0 Å². The second-order valence-corrected chi connectivity index (χ2v) is 9.13. The van der Waals surface area contributed by atoms with Crippen LogP contribution in [0.2, 0.25) is 0 Å². The molecule has 1 aliphatic rings. The summed E-state index contributed by atoms with van der Waals surface area (Å²) < 4.78 is 16.9. The molecule has 0 aromatic heterocycles. The largest absolute Gasteiger partial charge is 0.507 e. The van der Waals surface area contributed by atoms with Crippen LogP contribution in [0.3, 0.4) is 0 Å². The molecular weight excluding hydrogens is 472 g/mol. The van der Waals surface area contributed by atoms with E-state index in [0.29, 0.717) is 54.7 Å². The van der Waals surface area contributed by atoms with Gasteiger partial charge in [0.25, 0.3) is 11.7 Å². The van der Waals surface area contributed by atoms with E-state index in [-0.39, 0.29) is 11.3 Å². The smallest absolute Gasteiger partial charge is 0.295 e. The lowest BCUT2D eigenvalue weighted by atomic mass is 9.94. The third kappa shape index (κ3) is 6.14. The number of hydrogen-bond donors (Lipinski definition) is 1. The van der Waals surface area contributed by atoms with Crippen LogP contribution in [-0.4, -0.2) is 74.1 Å². The highest BCUT2D eigenvalue weighted by atomic mass is 16.5. The first-order valence-corrected chi connectivity index (χ1v) is 12.3. The molecule has 1 heterocycles. The van der Waals surface area contributed by atoms with Crippen LogP contribution in [0.4, 0.5) is 0 Å². The minimum absolute atomic E-state index is 0.0344. The van der Waals surface area contributed by atoms with Crippen molar-refractivity contribution in [2.24, 2.45) is 0 Å². The molecule has 1 atom stereocenters. The molecule has 1 amide bonds. The number of aliphatic hydroxyl groups is 1. The van der Waals surface area contributed by atoms with Gasteiger partial charge in [0.15, 0.2) is 11.5 Å². The summed E-state index contributed by atoms with van der Waals surface area (Å²) in [7, 11) is 5.31. The molecule has 37 heavy (non-hydrogen) atoms. The lowest BCUT2D eigenvalue weighted by Crippen LogP contribution is -2.35. The molecule has 2 aromatic carbocycles. The van der Waals surface area contributed by atoms with Crippen molar-refractivity contribution in [2.45, 2.75) is 26.3 Å². The van der Waals surface area contributed by atoms with E-state index in [2.05, 4.69) is 6.58 Å². The number of ether oxygens (including phenoxy) is 3. The van der Waals surface area contributed by atoms with Crippen molar-refractivity contribution >= 4 is 17.4 Å². The van der Waals surface area contributed by atoms with E-state index >= 15 is 0 Å². The van der Waals surface area contributed by atoms with Crippen LogP contribution in [-0.2, 0) is 9.59 Å². The zero-order valence-electron chi connectivity index (χ0n) is 22.2. The molecule has 0 saturated carbocycles. The molecular formula is C29H36N2O6. The van der Waals surface area contributed by atoms with Gasteiger partial charge in [-0.3, -0.25) is 9.59 Å². The number of Topliss-reactive ketones (excluding diaryl/α,β-unsaturated/α-hetero) is 1. The number of hydrogen-bond acceptors (Lipinski definition) is 7. The lowest BCUT2D eigenvalue weighted by molar-refractivity contribution is -0.140. The molecule has 198 valence electrons. The average Bonchev–Trinajstić information content (AvgIpc) is 3.14. The van der Waals surface area contributed by atoms with E-state index in [9.17, 15) is 14.7 Å². The van der Waals surface area contributed by atoms with Crippen molar-refractivity contribution in [1.29, 1.82) is 0 Å². The first-order chi connectivity index (χ1) is 17.7. The monoisotopic (exact) mass is 508 g/mol. The molecule has 2 aromatic rings. The molecule has 0 radical (unpaired) electrons. The Bertz CT molecular complexity index is 1190. The lowest BCUT2D eigenvalue weighted by Gasteiger charge is -2.27. The van der Waals surface area contributed by atoms with Crippen molar-refractivity contribution in [3.8, 4) is 17.2 Å². The minimum Gasteiger partial charge on any atom is -0.507 e. The highest BCUT2D eigenvalue weighted by molar-refractivity contribution is 6.46. The van der Waals surface area contributed by atoms with Gasteiger partial charge in [0.1, 0.15) is 18.1 Å². The molecule has 0 spiro atoms. The van der Waals surface area contributed by atoms with Gasteiger partial charge in [-0.15, -0.1) is 0 Å². The van der Waals surface area contributed by atoms with Crippen LogP contribution in [0.1, 0.15) is 36.1 Å². The van der Waals surface area contributed by atoms with Gasteiger partial charge in [-0.25, -0.2) is 0 Å². The minimum atomic E-state index is -0.793. The first kappa shape index (κ1) is 27.8. The number of aliphatic hydroxyl groups excluding tert-OH is 1. The fraction of sp³-hybridized carbons (Fsp3) is 0.379. The SMILES string of the molecule is C=CCOc1ccc(C2C(=C(O)c3ccc(OCCC)c(C)c3)C(=O)C(=O)N2CCN(C)C)cc1OC. The number of amides is 1. The third-order valence-corrected chi connectivity index (χ3v) is 6.10. The zero-order valence-corrected chi connectivity index (χ0v) is 22.2. The normalized spacial score (nSPS) is 16.8. The Labute approximate surface area is 218 Å². The maximum atomic E-state index is 13.3. The number of benzene rings is 2. The average molecular weight is 509 g/mol. The van der Waals surface area contributed by atoms with E-state index < -0.39 is 17.7 Å². The quantitative estimate of drug-likeness (QED) is 0.197. The van der Waals surface area contributed by atoms with Gasteiger partial charge in [0.2, 0.25) is 0 Å². The summed E-state index contributed by atoms with van der Waals surface area (Å²) in [5.74, 6) is 0.0590. The van der Waals surface area contributed by atoms with E-state index in [4.69, 9.17) is 14.2 Å². The maximum absolute atomic E-state index is 13.3. The summed E-state index contributed by atoms with van der Waals surface area (Å²) in [4.78, 5) is 29.9. The van der Waals surface area contributed by atoms with Crippen LogP contribution < -0.4 is 14.2 Å². The summed E-state index contributed by atoms with van der Waals surface area (Å²) in [5, 5.41) is 11.4. The van der Waals surface area contributed by atoms with Gasteiger partial charge in [0, 0.05) is 18.7 Å². The Balaban J connectivity index is 2.13. The highest BCUT2D eigenvalue weighted by Gasteiger charge is 2.46. The number of rotatable bonds is 12. The molecule has 1 saturated heterocycles. The second-order valence-electron chi connectivity index (χ2n) is 9.13. The number of ketones is 1. The molecule has 0 aliphatic carbocycles. The van der Waals surface area contributed by atoms with Gasteiger partial charge in [-0.1, -0.05) is 25.6 Å². The maximum Gasteiger partial charge on any atom is 0.295 e. The van der Waals surface area contributed by atoms with Gasteiger partial charge in [0.05, 0.1) is 25.3 Å². The van der Waals surface area contributed by atoms with Crippen molar-refractivity contribution in [3.63, 3.8) is 0 Å². The Morgan fingerprint density at radius 3 is 2.46 bits per heavy atom. The molecule has 3 rings (SSSR count). The van der Waals surface area contributed by atoms with Crippen LogP contribution in [0.15, 0.2) is 54.6 Å². The predicted octanol–water partition coefficient (Wildman–Crippen LogP) is 4.34. The van der Waals surface area contributed by atoms with Crippen molar-refractivity contribution < 1.29 is 28.9 Å². The Morgan fingerprint density at radius 1 is 1.11 bits per heavy atom. The summed E-state index contributed by atoms with van der Waals surface area (Å²) in [5.41, 5.74) is 1.92. The van der Waals surface area contributed by atoms with Crippen LogP contribution in [0.5, 0.6) is 17.2 Å². The molecule has 8 heteroatoms. The van der Waals surface area contributed by atoms with Gasteiger partial charge in [-0.05, 0) is 68.9 Å². The Hall–Kier alpha value is -3.78. The third-order valence-electron chi connectivity index (χ3n) is 6.10. The molecule has 1 unspecified atom stereocenters. The number of methoxy groups -OCH3 is 1. The standard InChI is InChI=1S/C29H36N2O6/c1-7-15-36-22-11-10-21(17-19(22)3)27(32)25-26(31(14-13-30(4)5)29(34)28(25)33)20-9-12-23(37-16-8-2)24(18-20)35-6/h8-12,17-18,26,32H,2,7,13-16H2,1,3-6H3. The fourth-order valence-electron chi connectivity index (χ4n) is 4.21. The van der Waals surface area contributed by atoms with E-state index in [0.717, 1.165) is 12.0 Å². The molecule has 1 fully saturated rings. The van der Waals surface area contributed by atoms with E-state index in [1.165, 1.54) is 12.0 Å². The summed E-state index contributed by atoms with van der Waals surface area (Å²) in [6.45, 7) is 9.30. The number of likely N-dealkylation sites (tertiary alicyclic amines) is 1. The number of carbonyl (C=O) groups is 2. The van der Waals surface area contributed by atoms with Crippen LogP contribution in [0.25, 0.3) is 5.76 Å². The van der Waals surface area contributed by atoms with Gasteiger partial charge < -0.3 is 29.1 Å². The topological polar surface area (TPSA) is 88.5 Å². The summed E-state index contributed by atoms with van der Waals surface area (Å²) in [6.07, 6.45) is 2.50. The number of likely N-dealkylation sites (N-methyl/N-ethyl adjacent to an activating group) is 1. The second kappa shape index (κ2) is 12.5. The van der Waals surface area contributed by atoms with Crippen LogP contribution >= 0.6 is 0 Å². The van der Waals surface area contributed by atoms with Crippen molar-refractivity contribution in [3.05, 3.63) is 71.3 Å². The summed E-state index contributed by atoms with van der Waals surface area (Å²) in [6, 6.07) is 9.68. The van der Waals surface area contributed by atoms with Gasteiger partial charge >= 0.3 is 0 Å². The van der Waals surface area contributed by atoms with E-state index in [1.54, 1.807) is 42.5 Å².